The van der Waals surface area contributed by atoms with Crippen LogP contribution >= 0.6 is 0 Å². The number of rotatable bonds is 2. The number of aromatic hydroxyl groups is 1. The van der Waals surface area contributed by atoms with Gasteiger partial charge in [0.05, 0.1) is 11.5 Å². The molecule has 1 heterocycles. The Bertz CT molecular complexity index is 626. The highest BCUT2D eigenvalue weighted by atomic mass is 32.2. The fraction of sp³-hybridized carbons (Fsp3) is 0.600. The lowest BCUT2D eigenvalue weighted by Crippen LogP contribution is -2.46. The van der Waals surface area contributed by atoms with Gasteiger partial charge in [-0.1, -0.05) is 6.07 Å². The van der Waals surface area contributed by atoms with Crippen LogP contribution in [0.2, 0.25) is 0 Å². The number of phenolic OH excluding ortho intramolecular Hbond substituents is 1. The second-order valence-corrected chi connectivity index (χ2v) is 8.56. The third kappa shape index (κ3) is 2.69. The lowest BCUT2D eigenvalue weighted by Gasteiger charge is -2.34. The van der Waals surface area contributed by atoms with Crippen LogP contribution in [0.5, 0.6) is 5.75 Å². The summed E-state index contributed by atoms with van der Waals surface area (Å²) in [5.41, 5.74) is 2.06. The Labute approximate surface area is 120 Å². The first kappa shape index (κ1) is 13.9. The molecule has 0 saturated carbocycles. The average molecular weight is 295 g/mol. The average Bonchev–Trinajstić information content (AvgIpc) is 2.63. The molecule has 1 aliphatic heterocycles. The number of phenols is 1. The van der Waals surface area contributed by atoms with Crippen molar-refractivity contribution in [2.45, 2.75) is 44.2 Å². The number of benzene rings is 1. The van der Waals surface area contributed by atoms with E-state index in [1.54, 1.807) is 6.07 Å². The van der Waals surface area contributed by atoms with Crippen molar-refractivity contribution < 1.29 is 13.5 Å². The van der Waals surface area contributed by atoms with Crippen molar-refractivity contribution in [3.63, 3.8) is 0 Å². The monoisotopic (exact) mass is 295 g/mol. The molecule has 0 bridgehead atoms. The maximum atomic E-state index is 11.7. The van der Waals surface area contributed by atoms with Crippen molar-refractivity contribution >= 4 is 9.84 Å². The normalized spacial score (nSPS) is 31.9. The van der Waals surface area contributed by atoms with Gasteiger partial charge in [-0.2, -0.15) is 0 Å². The highest BCUT2D eigenvalue weighted by molar-refractivity contribution is 7.91. The van der Waals surface area contributed by atoms with Gasteiger partial charge in [0.15, 0.2) is 9.84 Å². The predicted molar refractivity (Wildman–Crippen MR) is 78.6 cm³/mol. The molecule has 1 fully saturated rings. The van der Waals surface area contributed by atoms with E-state index in [9.17, 15) is 13.5 Å². The van der Waals surface area contributed by atoms with E-state index in [2.05, 4.69) is 5.32 Å². The first-order valence-electron chi connectivity index (χ1n) is 7.17. The van der Waals surface area contributed by atoms with Crippen molar-refractivity contribution in [2.24, 2.45) is 0 Å². The molecule has 0 spiro atoms. The molecule has 4 nitrogen and oxygen atoms in total. The zero-order valence-electron chi connectivity index (χ0n) is 11.7. The highest BCUT2D eigenvalue weighted by Crippen LogP contribution is 2.35. The van der Waals surface area contributed by atoms with Crippen LogP contribution in [-0.2, 0) is 16.3 Å². The number of nitrogens with one attached hydrogen (secondary N) is 1. The smallest absolute Gasteiger partial charge is 0.152 e. The van der Waals surface area contributed by atoms with E-state index in [0.717, 1.165) is 19.3 Å². The van der Waals surface area contributed by atoms with Gasteiger partial charge in [-0.05, 0) is 55.9 Å². The minimum absolute atomic E-state index is 0.192. The van der Waals surface area contributed by atoms with Crippen LogP contribution < -0.4 is 5.32 Å². The molecule has 1 aromatic carbocycles. The van der Waals surface area contributed by atoms with E-state index in [1.165, 1.54) is 11.1 Å². The highest BCUT2D eigenvalue weighted by Gasteiger charge is 2.40. The molecule has 1 saturated heterocycles. The fourth-order valence-corrected chi connectivity index (χ4v) is 5.60. The number of hydrogen-bond donors (Lipinski definition) is 2. The van der Waals surface area contributed by atoms with Crippen LogP contribution in [0.4, 0.5) is 0 Å². The molecule has 0 amide bonds. The molecule has 2 aliphatic rings. The lowest BCUT2D eigenvalue weighted by molar-refractivity contribution is 0.319. The Kier molecular flexibility index (Phi) is 3.29. The zero-order valence-corrected chi connectivity index (χ0v) is 12.5. The number of hydrogen-bond acceptors (Lipinski definition) is 4. The number of aryl methyl sites for hydroxylation is 1. The summed E-state index contributed by atoms with van der Waals surface area (Å²) in [6, 6.07) is 5.70. The van der Waals surface area contributed by atoms with Gasteiger partial charge in [-0.25, -0.2) is 8.42 Å². The number of fused-ring (bicyclic) bond motifs is 1. The van der Waals surface area contributed by atoms with Crippen molar-refractivity contribution in [3.05, 3.63) is 29.3 Å². The molecule has 1 aromatic rings. The van der Waals surface area contributed by atoms with Crippen LogP contribution in [0.15, 0.2) is 18.2 Å². The third-order valence-corrected chi connectivity index (χ3v) is 6.37. The maximum absolute atomic E-state index is 11.7. The molecule has 1 aliphatic carbocycles. The van der Waals surface area contributed by atoms with Gasteiger partial charge < -0.3 is 10.4 Å². The second-order valence-electron chi connectivity index (χ2n) is 6.37. The Hall–Kier alpha value is -1.07. The molecular formula is C15H21NO3S. The summed E-state index contributed by atoms with van der Waals surface area (Å²) in [6.45, 7) is 2.01. The molecular weight excluding hydrogens is 274 g/mol. The van der Waals surface area contributed by atoms with E-state index in [4.69, 9.17) is 0 Å². The van der Waals surface area contributed by atoms with Gasteiger partial charge in [0.1, 0.15) is 5.75 Å². The maximum Gasteiger partial charge on any atom is 0.152 e. The van der Waals surface area contributed by atoms with Gasteiger partial charge >= 0.3 is 0 Å². The second kappa shape index (κ2) is 4.74. The quantitative estimate of drug-likeness (QED) is 0.875. The predicted octanol–water partition coefficient (Wildman–Crippen LogP) is 1.94. The SMILES string of the molecule is CC1(NC2CCCc3cc(O)ccc32)CCS(=O)(=O)C1. The van der Waals surface area contributed by atoms with E-state index >= 15 is 0 Å². The van der Waals surface area contributed by atoms with E-state index in [0.29, 0.717) is 12.2 Å². The topological polar surface area (TPSA) is 66.4 Å². The summed E-state index contributed by atoms with van der Waals surface area (Å²) in [7, 11) is -2.89. The van der Waals surface area contributed by atoms with Gasteiger partial charge in [0, 0.05) is 11.6 Å². The Balaban J connectivity index is 1.83. The summed E-state index contributed by atoms with van der Waals surface area (Å²) < 4.78 is 23.4. The minimum atomic E-state index is -2.89. The Morgan fingerprint density at radius 1 is 1.40 bits per heavy atom. The van der Waals surface area contributed by atoms with Crippen LogP contribution in [-0.4, -0.2) is 30.6 Å². The summed E-state index contributed by atoms with van der Waals surface area (Å²) in [6.07, 6.45) is 3.75. The molecule has 110 valence electrons. The fourth-order valence-electron chi connectivity index (χ4n) is 3.50. The van der Waals surface area contributed by atoms with E-state index in [-0.39, 0.29) is 23.1 Å². The van der Waals surface area contributed by atoms with Gasteiger partial charge in [0.2, 0.25) is 0 Å². The largest absolute Gasteiger partial charge is 0.508 e. The summed E-state index contributed by atoms with van der Waals surface area (Å²) in [5.74, 6) is 0.814. The minimum Gasteiger partial charge on any atom is -0.508 e. The van der Waals surface area contributed by atoms with E-state index < -0.39 is 9.84 Å². The lowest BCUT2D eigenvalue weighted by atomic mass is 9.85. The van der Waals surface area contributed by atoms with Crippen molar-refractivity contribution in [2.75, 3.05) is 11.5 Å². The van der Waals surface area contributed by atoms with Gasteiger partial charge in [-0.15, -0.1) is 0 Å². The standard InChI is InChI=1S/C15H21NO3S/c1-15(7-8-20(18,19)10-15)16-14-4-2-3-11-9-12(17)5-6-13(11)14/h5-6,9,14,16-17H,2-4,7-8,10H2,1H3. The molecule has 2 N–H and O–H groups in total. The van der Waals surface area contributed by atoms with Crippen molar-refractivity contribution in [1.82, 2.24) is 5.32 Å². The molecule has 0 radical (unpaired) electrons. The molecule has 2 atom stereocenters. The summed E-state index contributed by atoms with van der Waals surface area (Å²) in [5, 5.41) is 13.1. The first-order valence-corrected chi connectivity index (χ1v) is 8.99. The number of sulfone groups is 1. The van der Waals surface area contributed by atoms with Crippen molar-refractivity contribution in [3.8, 4) is 5.75 Å². The molecule has 5 heteroatoms. The molecule has 20 heavy (non-hydrogen) atoms. The van der Waals surface area contributed by atoms with Crippen LogP contribution in [0.25, 0.3) is 0 Å². The Morgan fingerprint density at radius 2 is 2.20 bits per heavy atom. The van der Waals surface area contributed by atoms with E-state index in [1.807, 2.05) is 19.1 Å². The van der Waals surface area contributed by atoms with Crippen LogP contribution in [0.1, 0.15) is 43.4 Å². The van der Waals surface area contributed by atoms with Crippen molar-refractivity contribution in [1.29, 1.82) is 0 Å². The van der Waals surface area contributed by atoms with Crippen LogP contribution in [0.3, 0.4) is 0 Å². The molecule has 0 aromatic heterocycles. The Morgan fingerprint density at radius 3 is 2.90 bits per heavy atom. The van der Waals surface area contributed by atoms with Crippen LogP contribution in [0, 0.1) is 0 Å². The zero-order chi connectivity index (χ0) is 14.4. The molecule has 2 unspecified atom stereocenters. The molecule has 3 rings (SSSR count). The third-order valence-electron chi connectivity index (χ3n) is 4.47. The summed E-state index contributed by atoms with van der Waals surface area (Å²) >= 11 is 0. The van der Waals surface area contributed by atoms with Gasteiger partial charge in [-0.3, -0.25) is 0 Å². The first-order chi connectivity index (χ1) is 9.37. The van der Waals surface area contributed by atoms with Gasteiger partial charge in [0.25, 0.3) is 0 Å². The summed E-state index contributed by atoms with van der Waals surface area (Å²) in [4.78, 5) is 0.